The second-order valence-corrected chi connectivity index (χ2v) is 8.56. The van der Waals surface area contributed by atoms with E-state index in [0.717, 1.165) is 17.7 Å². The Hall–Kier alpha value is -2.62. The summed E-state index contributed by atoms with van der Waals surface area (Å²) in [7, 11) is 0. The van der Waals surface area contributed by atoms with Crippen molar-refractivity contribution in [3.05, 3.63) is 58.9 Å². The molecule has 1 saturated heterocycles. The molecule has 180 valence electrons. The highest BCUT2D eigenvalue weighted by molar-refractivity contribution is 6.01. The minimum Gasteiger partial charge on any atom is -0.385 e. The van der Waals surface area contributed by atoms with E-state index in [9.17, 15) is 23.1 Å². The number of aryl methyl sites for hydroxylation is 1. The average Bonchev–Trinajstić information content (AvgIpc) is 2.75. The quantitative estimate of drug-likeness (QED) is 0.468. The molecule has 6 nitrogen and oxygen atoms in total. The zero-order valence-corrected chi connectivity index (χ0v) is 19.1. The molecule has 3 rings (SSSR count). The van der Waals surface area contributed by atoms with Gasteiger partial charge in [0.25, 0.3) is 5.91 Å². The smallest absolute Gasteiger partial charge is 0.256 e. The lowest BCUT2D eigenvalue weighted by atomic mass is 9.92. The van der Waals surface area contributed by atoms with E-state index in [0.29, 0.717) is 19.6 Å². The normalized spacial score (nSPS) is 15.0. The molecule has 0 spiro atoms. The number of anilines is 2. The van der Waals surface area contributed by atoms with Gasteiger partial charge < -0.3 is 25.4 Å². The molecule has 0 radical (unpaired) electrons. The van der Waals surface area contributed by atoms with Gasteiger partial charge in [-0.2, -0.15) is 0 Å². The van der Waals surface area contributed by atoms with Crippen LogP contribution in [0.25, 0.3) is 0 Å². The molecular formula is C24H30F3N3O3. The fourth-order valence-corrected chi connectivity index (χ4v) is 3.64. The predicted octanol–water partition coefficient (Wildman–Crippen LogP) is 3.61. The molecule has 2 aromatic carbocycles. The van der Waals surface area contributed by atoms with Crippen molar-refractivity contribution in [1.29, 1.82) is 0 Å². The van der Waals surface area contributed by atoms with Crippen LogP contribution in [0.4, 0.5) is 24.5 Å². The SMILES string of the molecule is CCc1ccc(Nc2c(C(=O)N3CC(O)(CNCCOC(C)C)C3)ccc(F)c2F)c(F)c1. The van der Waals surface area contributed by atoms with Crippen LogP contribution in [0.2, 0.25) is 0 Å². The molecular weight excluding hydrogens is 435 g/mol. The number of nitrogens with one attached hydrogen (secondary N) is 2. The van der Waals surface area contributed by atoms with E-state index in [1.54, 1.807) is 6.07 Å². The van der Waals surface area contributed by atoms with Gasteiger partial charge in [0.1, 0.15) is 11.4 Å². The van der Waals surface area contributed by atoms with Crippen molar-refractivity contribution in [3.8, 4) is 0 Å². The van der Waals surface area contributed by atoms with Crippen molar-refractivity contribution in [1.82, 2.24) is 10.2 Å². The van der Waals surface area contributed by atoms with Crippen LogP contribution in [0.5, 0.6) is 0 Å². The Kier molecular flexibility index (Phi) is 7.99. The Bertz CT molecular complexity index is 994. The third-order valence-corrected chi connectivity index (χ3v) is 5.47. The van der Waals surface area contributed by atoms with E-state index >= 15 is 0 Å². The third-order valence-electron chi connectivity index (χ3n) is 5.47. The molecule has 0 saturated carbocycles. The number of ether oxygens (including phenoxy) is 1. The largest absolute Gasteiger partial charge is 0.385 e. The number of benzene rings is 2. The lowest BCUT2D eigenvalue weighted by Gasteiger charge is -2.46. The molecule has 2 aromatic rings. The molecule has 1 aliphatic rings. The number of halogens is 3. The maximum atomic E-state index is 14.6. The van der Waals surface area contributed by atoms with Gasteiger partial charge in [-0.05, 0) is 50.1 Å². The molecule has 0 aliphatic carbocycles. The number of carbonyl (C=O) groups excluding carboxylic acids is 1. The van der Waals surface area contributed by atoms with Crippen molar-refractivity contribution in [2.75, 3.05) is 38.1 Å². The molecule has 33 heavy (non-hydrogen) atoms. The molecule has 0 atom stereocenters. The van der Waals surface area contributed by atoms with E-state index in [-0.39, 0.29) is 37.0 Å². The number of β-amino-alcohol motifs (C(OH)–C–C–N with tert-alkyl or cyclic N) is 1. The van der Waals surface area contributed by atoms with Gasteiger partial charge in [0.15, 0.2) is 11.6 Å². The standard InChI is InChI=1S/C24H30F3N3O3/c1-4-16-5-8-20(19(26)11-16)29-22-17(6-7-18(25)21(22)27)23(31)30-13-24(32,14-30)12-28-9-10-33-15(2)3/h5-8,11,15,28-29,32H,4,9-10,12-14H2,1-3H3. The third kappa shape index (κ3) is 6.04. The number of aliphatic hydroxyl groups is 1. The summed E-state index contributed by atoms with van der Waals surface area (Å²) in [5, 5.41) is 16.2. The number of hydrogen-bond acceptors (Lipinski definition) is 5. The zero-order chi connectivity index (χ0) is 24.2. The van der Waals surface area contributed by atoms with Crippen molar-refractivity contribution < 1.29 is 27.8 Å². The molecule has 1 amide bonds. The molecule has 1 heterocycles. The van der Waals surface area contributed by atoms with Crippen LogP contribution < -0.4 is 10.6 Å². The molecule has 1 aliphatic heterocycles. The van der Waals surface area contributed by atoms with Gasteiger partial charge in [0.05, 0.1) is 42.7 Å². The van der Waals surface area contributed by atoms with Crippen LogP contribution in [0, 0.1) is 17.5 Å². The number of carbonyl (C=O) groups is 1. The second kappa shape index (κ2) is 10.5. The van der Waals surface area contributed by atoms with Crippen molar-refractivity contribution in [2.24, 2.45) is 0 Å². The predicted molar refractivity (Wildman–Crippen MR) is 120 cm³/mol. The van der Waals surface area contributed by atoms with Crippen LogP contribution in [-0.4, -0.2) is 60.4 Å². The first-order chi connectivity index (χ1) is 15.6. The Morgan fingerprint density at radius 3 is 2.55 bits per heavy atom. The fraction of sp³-hybridized carbons (Fsp3) is 0.458. The Labute approximate surface area is 191 Å². The lowest BCUT2D eigenvalue weighted by molar-refractivity contribution is -0.0791. The van der Waals surface area contributed by atoms with Crippen LogP contribution in [0.1, 0.15) is 36.7 Å². The van der Waals surface area contributed by atoms with Crippen molar-refractivity contribution >= 4 is 17.3 Å². The van der Waals surface area contributed by atoms with Crippen LogP contribution in [0.15, 0.2) is 30.3 Å². The summed E-state index contributed by atoms with van der Waals surface area (Å²) >= 11 is 0. The number of amides is 1. The van der Waals surface area contributed by atoms with Crippen LogP contribution in [0.3, 0.4) is 0 Å². The lowest BCUT2D eigenvalue weighted by Crippen LogP contribution is -2.67. The summed E-state index contributed by atoms with van der Waals surface area (Å²) in [5.41, 5.74) is -1.03. The van der Waals surface area contributed by atoms with Gasteiger partial charge in [0.2, 0.25) is 0 Å². The summed E-state index contributed by atoms with van der Waals surface area (Å²) in [4.78, 5) is 14.3. The van der Waals surface area contributed by atoms with Gasteiger partial charge in [-0.3, -0.25) is 4.79 Å². The summed E-state index contributed by atoms with van der Waals surface area (Å²) in [6.45, 7) is 7.09. The Balaban J connectivity index is 1.69. The number of rotatable bonds is 10. The zero-order valence-electron chi connectivity index (χ0n) is 19.1. The minimum absolute atomic E-state index is 0.0296. The van der Waals surface area contributed by atoms with Gasteiger partial charge in [-0.15, -0.1) is 0 Å². The fourth-order valence-electron chi connectivity index (χ4n) is 3.64. The van der Waals surface area contributed by atoms with Gasteiger partial charge in [-0.25, -0.2) is 13.2 Å². The Morgan fingerprint density at radius 2 is 1.91 bits per heavy atom. The van der Waals surface area contributed by atoms with E-state index in [1.165, 1.54) is 17.0 Å². The van der Waals surface area contributed by atoms with Gasteiger partial charge in [-0.1, -0.05) is 13.0 Å². The highest BCUT2D eigenvalue weighted by Gasteiger charge is 2.44. The van der Waals surface area contributed by atoms with Gasteiger partial charge in [0, 0.05) is 13.1 Å². The first-order valence-corrected chi connectivity index (χ1v) is 11.0. The maximum Gasteiger partial charge on any atom is 0.256 e. The summed E-state index contributed by atoms with van der Waals surface area (Å²) in [6, 6.07) is 6.39. The van der Waals surface area contributed by atoms with E-state index in [1.807, 2.05) is 20.8 Å². The first-order valence-electron chi connectivity index (χ1n) is 11.0. The van der Waals surface area contributed by atoms with Crippen molar-refractivity contribution in [3.63, 3.8) is 0 Å². The summed E-state index contributed by atoms with van der Waals surface area (Å²) in [5.74, 6) is -3.66. The number of nitrogens with zero attached hydrogens (tertiary/aromatic N) is 1. The number of hydrogen-bond donors (Lipinski definition) is 3. The topological polar surface area (TPSA) is 73.8 Å². The van der Waals surface area contributed by atoms with E-state index in [2.05, 4.69) is 10.6 Å². The highest BCUT2D eigenvalue weighted by atomic mass is 19.2. The maximum absolute atomic E-state index is 14.6. The summed E-state index contributed by atoms with van der Waals surface area (Å²) in [6.07, 6.45) is 0.732. The molecule has 3 N–H and O–H groups in total. The van der Waals surface area contributed by atoms with Crippen LogP contribution >= 0.6 is 0 Å². The van der Waals surface area contributed by atoms with Crippen molar-refractivity contribution in [2.45, 2.75) is 38.9 Å². The highest BCUT2D eigenvalue weighted by Crippen LogP contribution is 2.31. The second-order valence-electron chi connectivity index (χ2n) is 8.56. The monoisotopic (exact) mass is 465 g/mol. The van der Waals surface area contributed by atoms with Gasteiger partial charge >= 0.3 is 0 Å². The Morgan fingerprint density at radius 1 is 1.18 bits per heavy atom. The minimum atomic E-state index is -1.28. The average molecular weight is 466 g/mol. The first kappa shape index (κ1) is 25.0. The molecule has 9 heteroatoms. The molecule has 1 fully saturated rings. The van der Waals surface area contributed by atoms with E-state index in [4.69, 9.17) is 4.74 Å². The number of likely N-dealkylation sites (tertiary alicyclic amines) is 1. The molecule has 0 bridgehead atoms. The van der Waals surface area contributed by atoms with E-state index < -0.39 is 34.6 Å². The summed E-state index contributed by atoms with van der Waals surface area (Å²) < 4.78 is 48.4. The molecule has 0 unspecified atom stereocenters. The van der Waals surface area contributed by atoms with Crippen LogP contribution in [-0.2, 0) is 11.2 Å². The molecule has 0 aromatic heterocycles.